The fourth-order valence-electron chi connectivity index (χ4n) is 4.13. The number of amides is 1. The van der Waals surface area contributed by atoms with Gasteiger partial charge in [-0.2, -0.15) is 5.26 Å². The van der Waals surface area contributed by atoms with Crippen molar-refractivity contribution in [2.45, 2.75) is 39.0 Å². The molecule has 0 saturated carbocycles. The van der Waals surface area contributed by atoms with E-state index in [-0.39, 0.29) is 23.8 Å². The quantitative estimate of drug-likeness (QED) is 0.312. The van der Waals surface area contributed by atoms with Crippen molar-refractivity contribution in [3.63, 3.8) is 0 Å². The lowest BCUT2D eigenvalue weighted by Crippen LogP contribution is -2.23. The van der Waals surface area contributed by atoms with Gasteiger partial charge in [-0.25, -0.2) is 0 Å². The molecule has 4 rings (SSSR count). The van der Waals surface area contributed by atoms with E-state index in [0.717, 1.165) is 24.1 Å². The fourth-order valence-corrected chi connectivity index (χ4v) is 4.13. The van der Waals surface area contributed by atoms with E-state index in [1.54, 1.807) is 36.5 Å². The Morgan fingerprint density at radius 3 is 2.67 bits per heavy atom. The zero-order valence-corrected chi connectivity index (χ0v) is 21.8. The number of benzene rings is 3. The minimum atomic E-state index is -0.958. The highest BCUT2D eigenvalue weighted by Crippen LogP contribution is 2.39. The van der Waals surface area contributed by atoms with Gasteiger partial charge in [-0.15, -0.1) is 0 Å². The highest BCUT2D eigenvalue weighted by molar-refractivity contribution is 5.99. The van der Waals surface area contributed by atoms with E-state index >= 15 is 0 Å². The Hall–Kier alpha value is -4.90. The number of aryl methyl sites for hydroxylation is 1. The summed E-state index contributed by atoms with van der Waals surface area (Å²) in [5.41, 5.74) is 3.56. The molecule has 0 aliphatic carbocycles. The minimum Gasteiger partial charge on any atom is -0.493 e. The number of carboxylic acid groups (broad SMARTS) is 1. The van der Waals surface area contributed by atoms with Gasteiger partial charge in [0.2, 0.25) is 0 Å². The van der Waals surface area contributed by atoms with Crippen molar-refractivity contribution < 1.29 is 24.2 Å². The SMILES string of the molecule is CCCC=C(C=Nc1ccccc1C)NC(=O)c1ccc(Oc2cc3c(cc2C#N)C(C(=O)O)CCO3)cc1. The third-order valence-electron chi connectivity index (χ3n) is 6.28. The van der Waals surface area contributed by atoms with Crippen molar-refractivity contribution in [3.05, 3.63) is 94.7 Å². The summed E-state index contributed by atoms with van der Waals surface area (Å²) in [5, 5.41) is 22.0. The van der Waals surface area contributed by atoms with Gasteiger partial charge in [0.05, 0.1) is 35.7 Å². The molecule has 0 fully saturated rings. The number of allylic oxidation sites excluding steroid dienone is 2. The van der Waals surface area contributed by atoms with Gasteiger partial charge in [0.15, 0.2) is 0 Å². The van der Waals surface area contributed by atoms with Gasteiger partial charge in [-0.3, -0.25) is 14.6 Å². The van der Waals surface area contributed by atoms with Gasteiger partial charge in [0.1, 0.15) is 23.3 Å². The predicted octanol–water partition coefficient (Wildman–Crippen LogP) is 6.43. The summed E-state index contributed by atoms with van der Waals surface area (Å²) in [4.78, 5) is 29.1. The second kappa shape index (κ2) is 12.6. The smallest absolute Gasteiger partial charge is 0.311 e. The van der Waals surface area contributed by atoms with E-state index in [4.69, 9.17) is 9.47 Å². The van der Waals surface area contributed by atoms with Crippen LogP contribution in [0.3, 0.4) is 0 Å². The van der Waals surface area contributed by atoms with Crippen LogP contribution in [0.1, 0.15) is 59.2 Å². The third-order valence-corrected chi connectivity index (χ3v) is 6.28. The first-order valence-corrected chi connectivity index (χ1v) is 12.7. The second-order valence-corrected chi connectivity index (χ2v) is 9.10. The number of rotatable bonds is 9. The van der Waals surface area contributed by atoms with Crippen LogP contribution in [-0.4, -0.2) is 29.8 Å². The molecule has 3 aromatic carbocycles. The lowest BCUT2D eigenvalue weighted by Gasteiger charge is -2.24. The number of nitriles is 1. The average Bonchev–Trinajstić information content (AvgIpc) is 2.94. The summed E-state index contributed by atoms with van der Waals surface area (Å²) < 4.78 is 11.5. The number of hydrogen-bond acceptors (Lipinski definition) is 6. The standard InChI is InChI=1S/C31H29N3O5/c1-3-4-8-23(19-33-27-9-6-5-7-20(27)2)34-30(35)21-10-12-24(13-11-21)39-28-17-29-26(16-22(28)18-32)25(31(36)37)14-15-38-29/h5-13,16-17,19,25H,3-4,14-15H2,1-2H3,(H,34,35)(H,36,37). The van der Waals surface area contributed by atoms with Gasteiger partial charge in [0, 0.05) is 17.2 Å². The van der Waals surface area contributed by atoms with Crippen LogP contribution in [0, 0.1) is 18.3 Å². The number of unbranched alkanes of at least 4 members (excludes halogenated alkanes) is 1. The summed E-state index contributed by atoms with van der Waals surface area (Å²) >= 11 is 0. The topological polar surface area (TPSA) is 121 Å². The number of ether oxygens (including phenoxy) is 2. The van der Waals surface area contributed by atoms with E-state index in [1.807, 2.05) is 37.3 Å². The van der Waals surface area contributed by atoms with E-state index in [1.165, 1.54) is 6.07 Å². The normalized spacial score (nSPS) is 14.7. The molecule has 1 heterocycles. The molecule has 0 spiro atoms. The Morgan fingerprint density at radius 1 is 1.21 bits per heavy atom. The molecule has 1 atom stereocenters. The summed E-state index contributed by atoms with van der Waals surface area (Å²) in [6, 6.07) is 19.4. The van der Waals surface area contributed by atoms with Crippen LogP contribution < -0.4 is 14.8 Å². The van der Waals surface area contributed by atoms with Gasteiger partial charge in [-0.05, 0) is 61.7 Å². The van der Waals surface area contributed by atoms with Crippen LogP contribution in [0.5, 0.6) is 17.2 Å². The molecule has 1 unspecified atom stereocenters. The maximum atomic E-state index is 13.0. The highest BCUT2D eigenvalue weighted by Gasteiger charge is 2.29. The monoisotopic (exact) mass is 523 g/mol. The number of carbonyl (C=O) groups excluding carboxylic acids is 1. The number of aliphatic imine (C=N–C) groups is 1. The second-order valence-electron chi connectivity index (χ2n) is 9.10. The minimum absolute atomic E-state index is 0.200. The fraction of sp³-hybridized carbons (Fsp3) is 0.226. The molecule has 0 bridgehead atoms. The number of para-hydroxylation sites is 1. The molecular weight excluding hydrogens is 494 g/mol. The number of fused-ring (bicyclic) bond motifs is 1. The molecule has 0 saturated heterocycles. The zero-order chi connectivity index (χ0) is 27.8. The predicted molar refractivity (Wildman–Crippen MR) is 148 cm³/mol. The van der Waals surface area contributed by atoms with Crippen LogP contribution in [0.4, 0.5) is 5.69 Å². The van der Waals surface area contributed by atoms with Crippen molar-refractivity contribution in [2.24, 2.45) is 4.99 Å². The van der Waals surface area contributed by atoms with Crippen LogP contribution >= 0.6 is 0 Å². The number of carbonyl (C=O) groups is 2. The van der Waals surface area contributed by atoms with Crippen LogP contribution in [-0.2, 0) is 4.79 Å². The Labute approximate surface area is 227 Å². The largest absolute Gasteiger partial charge is 0.493 e. The molecule has 8 nitrogen and oxygen atoms in total. The Kier molecular flexibility index (Phi) is 8.75. The molecule has 1 aliphatic heterocycles. The summed E-state index contributed by atoms with van der Waals surface area (Å²) in [7, 11) is 0. The summed E-state index contributed by atoms with van der Waals surface area (Å²) in [6.45, 7) is 4.31. The first-order chi connectivity index (χ1) is 18.9. The summed E-state index contributed by atoms with van der Waals surface area (Å²) in [6.07, 6.45) is 5.65. The van der Waals surface area contributed by atoms with Gasteiger partial charge >= 0.3 is 5.97 Å². The zero-order valence-electron chi connectivity index (χ0n) is 21.8. The van der Waals surface area contributed by atoms with Gasteiger partial charge in [0.25, 0.3) is 5.91 Å². The van der Waals surface area contributed by atoms with Crippen molar-refractivity contribution in [2.75, 3.05) is 6.61 Å². The molecule has 39 heavy (non-hydrogen) atoms. The number of carboxylic acids is 1. The third kappa shape index (κ3) is 6.70. The molecule has 1 aliphatic rings. The number of hydrogen-bond donors (Lipinski definition) is 2. The molecule has 1 amide bonds. The molecule has 0 aromatic heterocycles. The molecule has 8 heteroatoms. The van der Waals surface area contributed by atoms with Crippen LogP contribution in [0.25, 0.3) is 0 Å². The molecule has 0 radical (unpaired) electrons. The Balaban J connectivity index is 1.48. The number of nitrogens with zero attached hydrogens (tertiary/aromatic N) is 2. The van der Waals surface area contributed by atoms with Crippen molar-refractivity contribution in [3.8, 4) is 23.3 Å². The molecular formula is C31H29N3O5. The maximum Gasteiger partial charge on any atom is 0.311 e. The average molecular weight is 524 g/mol. The Morgan fingerprint density at radius 2 is 1.97 bits per heavy atom. The van der Waals surface area contributed by atoms with Crippen molar-refractivity contribution >= 4 is 23.8 Å². The van der Waals surface area contributed by atoms with E-state index in [0.29, 0.717) is 34.7 Å². The first-order valence-electron chi connectivity index (χ1n) is 12.7. The highest BCUT2D eigenvalue weighted by atomic mass is 16.5. The van der Waals surface area contributed by atoms with Gasteiger partial charge in [-0.1, -0.05) is 37.6 Å². The molecule has 198 valence electrons. The van der Waals surface area contributed by atoms with Crippen LogP contribution in [0.15, 0.2) is 77.4 Å². The van der Waals surface area contributed by atoms with E-state index in [9.17, 15) is 20.0 Å². The van der Waals surface area contributed by atoms with E-state index in [2.05, 4.69) is 23.3 Å². The maximum absolute atomic E-state index is 13.0. The molecule has 3 aromatic rings. The summed E-state index contributed by atoms with van der Waals surface area (Å²) in [5.74, 6) is -0.934. The van der Waals surface area contributed by atoms with Crippen molar-refractivity contribution in [1.82, 2.24) is 5.32 Å². The lowest BCUT2D eigenvalue weighted by molar-refractivity contribution is -0.139. The van der Waals surface area contributed by atoms with Gasteiger partial charge < -0.3 is 19.9 Å². The van der Waals surface area contributed by atoms with Crippen molar-refractivity contribution in [1.29, 1.82) is 5.26 Å². The first kappa shape index (κ1) is 27.1. The number of nitrogens with one attached hydrogen (secondary N) is 1. The van der Waals surface area contributed by atoms with E-state index < -0.39 is 11.9 Å². The number of aliphatic carboxylic acids is 1. The lowest BCUT2D eigenvalue weighted by atomic mass is 9.91. The molecule has 2 N–H and O–H groups in total. The van der Waals surface area contributed by atoms with Crippen LogP contribution in [0.2, 0.25) is 0 Å². The Bertz CT molecular complexity index is 1470.